The Bertz CT molecular complexity index is 945. The van der Waals surface area contributed by atoms with Crippen molar-refractivity contribution < 1.29 is 4.39 Å². The van der Waals surface area contributed by atoms with Crippen LogP contribution in [-0.4, -0.2) is 32.4 Å². The van der Waals surface area contributed by atoms with Crippen LogP contribution in [0.4, 0.5) is 10.3 Å². The zero-order valence-corrected chi connectivity index (χ0v) is 14.2. The van der Waals surface area contributed by atoms with Crippen molar-refractivity contribution in [3.05, 3.63) is 48.0 Å². The van der Waals surface area contributed by atoms with Crippen molar-refractivity contribution in [3.63, 3.8) is 0 Å². The molecule has 26 heavy (non-hydrogen) atoms. The molecule has 2 aliphatic rings. The second-order valence-corrected chi connectivity index (χ2v) is 6.78. The maximum Gasteiger partial charge on any atom is 0.223 e. The summed E-state index contributed by atoms with van der Waals surface area (Å²) >= 11 is 0. The number of halogens is 1. The number of nitrogens with zero attached hydrogens (tertiary/aromatic N) is 4. The quantitative estimate of drug-likeness (QED) is 0.756. The molecule has 0 atom stereocenters. The zero-order chi connectivity index (χ0) is 17.5. The summed E-state index contributed by atoms with van der Waals surface area (Å²) in [4.78, 5) is 10.9. The lowest BCUT2D eigenvalue weighted by Gasteiger charge is -2.16. The molecule has 7 heteroatoms. The number of benzene rings is 1. The van der Waals surface area contributed by atoms with Gasteiger partial charge in [-0.15, -0.1) is 0 Å². The van der Waals surface area contributed by atoms with Gasteiger partial charge in [-0.1, -0.05) is 0 Å². The Morgan fingerprint density at radius 1 is 1.15 bits per heavy atom. The number of hydrogen-bond acceptors (Lipinski definition) is 5. The van der Waals surface area contributed by atoms with E-state index in [0.29, 0.717) is 12.0 Å². The molecule has 132 valence electrons. The van der Waals surface area contributed by atoms with E-state index >= 15 is 0 Å². The topological polar surface area (TPSA) is 67.7 Å². The zero-order valence-electron chi connectivity index (χ0n) is 14.2. The minimum absolute atomic E-state index is 0.254. The van der Waals surface area contributed by atoms with Gasteiger partial charge >= 0.3 is 0 Å². The van der Waals surface area contributed by atoms with Crippen LogP contribution in [0.1, 0.15) is 25.0 Å². The van der Waals surface area contributed by atoms with Crippen LogP contribution in [0.3, 0.4) is 0 Å². The molecule has 1 saturated carbocycles. The Morgan fingerprint density at radius 3 is 2.81 bits per heavy atom. The first-order valence-corrected chi connectivity index (χ1v) is 8.99. The van der Waals surface area contributed by atoms with Gasteiger partial charge in [0.15, 0.2) is 0 Å². The summed E-state index contributed by atoms with van der Waals surface area (Å²) in [6.45, 7) is 0.884. The van der Waals surface area contributed by atoms with E-state index in [1.807, 2.05) is 10.9 Å². The lowest BCUT2D eigenvalue weighted by atomic mass is 10.0. The number of fused-ring (bicyclic) bond motifs is 1. The fourth-order valence-electron chi connectivity index (χ4n) is 3.31. The Kier molecular flexibility index (Phi) is 3.58. The smallest absolute Gasteiger partial charge is 0.223 e. The molecule has 0 amide bonds. The molecule has 1 aromatic carbocycles. The van der Waals surface area contributed by atoms with E-state index in [2.05, 4.69) is 15.7 Å². The molecule has 0 spiro atoms. The molecule has 0 radical (unpaired) electrons. The van der Waals surface area contributed by atoms with E-state index in [-0.39, 0.29) is 5.82 Å². The number of nitrogens with one attached hydrogen (secondary N) is 2. The van der Waals surface area contributed by atoms with Crippen LogP contribution in [-0.2, 0) is 6.42 Å². The Morgan fingerprint density at radius 2 is 2.00 bits per heavy atom. The summed E-state index contributed by atoms with van der Waals surface area (Å²) < 4.78 is 13.4. The fraction of sp³-hybridized carbons (Fsp3) is 0.316. The van der Waals surface area contributed by atoms with Crippen molar-refractivity contribution in [2.24, 2.45) is 0 Å². The van der Waals surface area contributed by atoms with Crippen LogP contribution >= 0.6 is 0 Å². The summed E-state index contributed by atoms with van der Waals surface area (Å²) in [5.41, 5.74) is 7.92. The molecule has 5 rings (SSSR count). The molecule has 1 fully saturated rings. The van der Waals surface area contributed by atoms with Crippen molar-refractivity contribution >= 4 is 5.95 Å². The van der Waals surface area contributed by atoms with Gasteiger partial charge in [0.25, 0.3) is 0 Å². The molecule has 3 aromatic rings. The summed E-state index contributed by atoms with van der Waals surface area (Å²) in [6.07, 6.45) is 6.08. The van der Waals surface area contributed by atoms with Crippen LogP contribution in [0.5, 0.6) is 0 Å². The van der Waals surface area contributed by atoms with E-state index in [1.54, 1.807) is 18.3 Å². The highest BCUT2D eigenvalue weighted by Gasteiger charge is 2.25. The van der Waals surface area contributed by atoms with E-state index in [1.165, 1.54) is 25.0 Å². The fourth-order valence-corrected chi connectivity index (χ4v) is 3.31. The van der Waals surface area contributed by atoms with Crippen molar-refractivity contribution in [1.29, 1.82) is 0 Å². The van der Waals surface area contributed by atoms with Crippen LogP contribution in [0, 0.1) is 5.82 Å². The van der Waals surface area contributed by atoms with E-state index < -0.39 is 0 Å². The first-order chi connectivity index (χ1) is 12.8. The first kappa shape index (κ1) is 15.3. The maximum atomic E-state index is 13.4. The SMILES string of the molecule is Fc1ccc(-c2nn3c(c2-c2ccnc(NC4CC4)n2)CCCN3)cc1. The number of rotatable bonds is 4. The predicted octanol–water partition coefficient (Wildman–Crippen LogP) is 3.21. The van der Waals surface area contributed by atoms with E-state index in [9.17, 15) is 4.39 Å². The van der Waals surface area contributed by atoms with Crippen molar-refractivity contribution in [2.75, 3.05) is 17.3 Å². The second-order valence-electron chi connectivity index (χ2n) is 6.78. The van der Waals surface area contributed by atoms with Crippen molar-refractivity contribution in [3.8, 4) is 22.5 Å². The van der Waals surface area contributed by atoms with Crippen LogP contribution in [0.15, 0.2) is 36.5 Å². The normalized spacial score (nSPS) is 16.0. The summed E-state index contributed by atoms with van der Waals surface area (Å²) in [6, 6.07) is 8.85. The van der Waals surface area contributed by atoms with Crippen molar-refractivity contribution in [1.82, 2.24) is 19.9 Å². The monoisotopic (exact) mass is 350 g/mol. The van der Waals surface area contributed by atoms with Crippen LogP contribution in [0.25, 0.3) is 22.5 Å². The highest BCUT2D eigenvalue weighted by atomic mass is 19.1. The van der Waals surface area contributed by atoms with Gasteiger partial charge in [-0.25, -0.2) is 14.4 Å². The third-order valence-electron chi connectivity index (χ3n) is 4.77. The summed E-state index contributed by atoms with van der Waals surface area (Å²) in [7, 11) is 0. The number of hydrogen-bond donors (Lipinski definition) is 2. The molecule has 3 heterocycles. The average molecular weight is 350 g/mol. The highest BCUT2D eigenvalue weighted by molar-refractivity contribution is 5.81. The molecular weight excluding hydrogens is 331 g/mol. The van der Waals surface area contributed by atoms with Gasteiger partial charge in [-0.2, -0.15) is 9.89 Å². The summed E-state index contributed by atoms with van der Waals surface area (Å²) in [5.74, 6) is 0.397. The second kappa shape index (κ2) is 6.09. The molecular formula is C19H19FN6. The molecule has 0 saturated heterocycles. The van der Waals surface area contributed by atoms with Crippen molar-refractivity contribution in [2.45, 2.75) is 31.7 Å². The standard InChI is InChI=1S/C19H19FN6/c20-13-5-3-12(4-6-13)18-17(16-2-1-10-22-26(16)25-18)15-9-11-21-19(24-15)23-14-7-8-14/h3-6,9,11,14,22H,1-2,7-8,10H2,(H,21,23,24). The molecule has 6 nitrogen and oxygen atoms in total. The first-order valence-electron chi connectivity index (χ1n) is 8.99. The summed E-state index contributed by atoms with van der Waals surface area (Å²) in [5, 5.41) is 8.08. The van der Waals surface area contributed by atoms with E-state index in [0.717, 1.165) is 47.6 Å². The largest absolute Gasteiger partial charge is 0.351 e. The van der Waals surface area contributed by atoms with E-state index in [4.69, 9.17) is 10.1 Å². The predicted molar refractivity (Wildman–Crippen MR) is 97.8 cm³/mol. The Balaban J connectivity index is 1.64. The third kappa shape index (κ3) is 2.79. The van der Waals surface area contributed by atoms with Gasteiger partial charge in [0.1, 0.15) is 11.5 Å². The Labute approximate surface area is 150 Å². The minimum atomic E-state index is -0.254. The number of aromatic nitrogens is 4. The molecule has 0 unspecified atom stereocenters. The third-order valence-corrected chi connectivity index (χ3v) is 4.77. The lowest BCUT2D eigenvalue weighted by Crippen LogP contribution is -2.25. The molecule has 1 aliphatic heterocycles. The van der Waals surface area contributed by atoms with Gasteiger partial charge in [0.2, 0.25) is 5.95 Å². The van der Waals surface area contributed by atoms with Gasteiger partial charge in [-0.3, -0.25) is 0 Å². The highest BCUT2D eigenvalue weighted by Crippen LogP contribution is 2.35. The van der Waals surface area contributed by atoms with Gasteiger partial charge in [0.05, 0.1) is 17.0 Å². The van der Waals surface area contributed by atoms with Crippen LogP contribution < -0.4 is 10.7 Å². The molecule has 2 aromatic heterocycles. The minimum Gasteiger partial charge on any atom is -0.351 e. The molecule has 2 N–H and O–H groups in total. The van der Waals surface area contributed by atoms with Gasteiger partial charge in [0, 0.05) is 24.3 Å². The average Bonchev–Trinajstić information content (AvgIpc) is 3.39. The van der Waals surface area contributed by atoms with Gasteiger partial charge < -0.3 is 10.7 Å². The van der Waals surface area contributed by atoms with Gasteiger partial charge in [-0.05, 0) is 56.0 Å². The molecule has 1 aliphatic carbocycles. The lowest BCUT2D eigenvalue weighted by molar-refractivity contribution is 0.610. The van der Waals surface area contributed by atoms with Crippen LogP contribution in [0.2, 0.25) is 0 Å². The maximum absolute atomic E-state index is 13.4. The Hall–Kier alpha value is -2.96. The number of anilines is 1. The molecule has 0 bridgehead atoms.